The number of thiazole rings is 1. The first-order valence-corrected chi connectivity index (χ1v) is 6.23. The molecule has 0 unspecified atom stereocenters. The molecule has 4 heteroatoms. The summed E-state index contributed by atoms with van der Waals surface area (Å²) in [6.45, 7) is 0.890. The van der Waals surface area contributed by atoms with Crippen LogP contribution in [0.1, 0.15) is 5.56 Å². The molecule has 0 aliphatic carbocycles. The molecule has 0 aliphatic rings. The van der Waals surface area contributed by atoms with Gasteiger partial charge < -0.3 is 4.90 Å². The summed E-state index contributed by atoms with van der Waals surface area (Å²) in [5.41, 5.74) is 1.30. The van der Waals surface area contributed by atoms with E-state index >= 15 is 0 Å². The second kappa shape index (κ2) is 4.77. The van der Waals surface area contributed by atoms with Crippen molar-refractivity contribution in [2.24, 2.45) is 0 Å². The fourth-order valence-electron chi connectivity index (χ4n) is 1.35. The van der Waals surface area contributed by atoms with Gasteiger partial charge in [-0.05, 0) is 21.5 Å². The molecule has 0 aliphatic heterocycles. The quantitative estimate of drug-likeness (QED) is 0.856. The highest BCUT2D eigenvalue weighted by molar-refractivity contribution is 9.11. The van der Waals surface area contributed by atoms with E-state index in [9.17, 15) is 0 Å². The number of aromatic nitrogens is 1. The molecule has 0 saturated heterocycles. The lowest BCUT2D eigenvalue weighted by Crippen LogP contribution is -2.15. The summed E-state index contributed by atoms with van der Waals surface area (Å²) in [7, 11) is 2.05. The highest BCUT2D eigenvalue weighted by Crippen LogP contribution is 2.26. The zero-order valence-corrected chi connectivity index (χ0v) is 10.8. The first kappa shape index (κ1) is 10.6. The standard InChI is InChI=1S/C11H11BrN2S/c1-14(11-13-7-10(12)15-11)8-9-5-3-2-4-6-9/h2-7H,8H2,1H3. The largest absolute Gasteiger partial charge is 0.347 e. The minimum atomic E-state index is 0.890. The molecule has 0 fully saturated rings. The Balaban J connectivity index is 2.07. The van der Waals surface area contributed by atoms with Crippen molar-refractivity contribution < 1.29 is 0 Å². The summed E-state index contributed by atoms with van der Waals surface area (Å²) in [4.78, 5) is 6.45. The third-order valence-corrected chi connectivity index (χ3v) is 3.64. The summed E-state index contributed by atoms with van der Waals surface area (Å²) in [5, 5.41) is 1.03. The molecule has 0 radical (unpaired) electrons. The molecule has 0 amide bonds. The predicted molar refractivity (Wildman–Crippen MR) is 68.4 cm³/mol. The van der Waals surface area contributed by atoms with Crippen molar-refractivity contribution in [1.29, 1.82) is 0 Å². The molecular formula is C11H11BrN2S. The Hall–Kier alpha value is -0.870. The molecule has 2 nitrogen and oxygen atoms in total. The van der Waals surface area contributed by atoms with Crippen LogP contribution in [0.3, 0.4) is 0 Å². The lowest BCUT2D eigenvalue weighted by molar-refractivity contribution is 0.915. The van der Waals surface area contributed by atoms with Gasteiger partial charge in [-0.2, -0.15) is 0 Å². The number of hydrogen-bond donors (Lipinski definition) is 0. The number of rotatable bonds is 3. The van der Waals surface area contributed by atoms with Crippen molar-refractivity contribution in [2.75, 3.05) is 11.9 Å². The van der Waals surface area contributed by atoms with E-state index in [1.54, 1.807) is 11.3 Å². The van der Waals surface area contributed by atoms with Crippen LogP contribution in [0.5, 0.6) is 0 Å². The molecule has 2 aromatic rings. The SMILES string of the molecule is CN(Cc1ccccc1)c1ncc(Br)s1. The van der Waals surface area contributed by atoms with E-state index in [-0.39, 0.29) is 0 Å². The zero-order valence-electron chi connectivity index (χ0n) is 8.35. The summed E-state index contributed by atoms with van der Waals surface area (Å²) in [5.74, 6) is 0. The Kier molecular flexibility index (Phi) is 3.38. The van der Waals surface area contributed by atoms with Crippen LogP contribution < -0.4 is 4.90 Å². The maximum atomic E-state index is 4.31. The van der Waals surface area contributed by atoms with Gasteiger partial charge in [0.05, 0.1) is 9.98 Å². The van der Waals surface area contributed by atoms with E-state index in [1.165, 1.54) is 5.56 Å². The monoisotopic (exact) mass is 282 g/mol. The molecule has 1 aromatic carbocycles. The van der Waals surface area contributed by atoms with Crippen molar-refractivity contribution in [3.63, 3.8) is 0 Å². The lowest BCUT2D eigenvalue weighted by Gasteiger charge is -2.15. The summed E-state index contributed by atoms with van der Waals surface area (Å²) < 4.78 is 1.07. The predicted octanol–water partition coefficient (Wildman–Crippen LogP) is 3.54. The van der Waals surface area contributed by atoms with E-state index < -0.39 is 0 Å². The molecule has 1 heterocycles. The van der Waals surface area contributed by atoms with E-state index in [0.717, 1.165) is 15.5 Å². The van der Waals surface area contributed by atoms with Crippen LogP contribution in [0.25, 0.3) is 0 Å². The maximum Gasteiger partial charge on any atom is 0.186 e. The molecule has 15 heavy (non-hydrogen) atoms. The average Bonchev–Trinajstić information content (AvgIpc) is 2.66. The molecule has 2 rings (SSSR count). The van der Waals surface area contributed by atoms with Gasteiger partial charge in [0.1, 0.15) is 0 Å². The van der Waals surface area contributed by atoms with Gasteiger partial charge in [0.15, 0.2) is 5.13 Å². The number of hydrogen-bond acceptors (Lipinski definition) is 3. The van der Waals surface area contributed by atoms with Gasteiger partial charge in [-0.15, -0.1) is 0 Å². The second-order valence-electron chi connectivity index (χ2n) is 3.29. The highest BCUT2D eigenvalue weighted by Gasteiger charge is 2.05. The van der Waals surface area contributed by atoms with Crippen LogP contribution in [-0.4, -0.2) is 12.0 Å². The third kappa shape index (κ3) is 2.79. The minimum Gasteiger partial charge on any atom is -0.347 e. The Bertz CT molecular complexity index is 427. The topological polar surface area (TPSA) is 16.1 Å². The van der Waals surface area contributed by atoms with Crippen LogP contribution in [0, 0.1) is 0 Å². The van der Waals surface area contributed by atoms with Crippen LogP contribution >= 0.6 is 27.3 Å². The molecule has 0 bridgehead atoms. The molecule has 78 valence electrons. The highest BCUT2D eigenvalue weighted by atomic mass is 79.9. The Morgan fingerprint density at radius 2 is 2.07 bits per heavy atom. The third-order valence-electron chi connectivity index (χ3n) is 2.05. The van der Waals surface area contributed by atoms with Crippen LogP contribution in [0.2, 0.25) is 0 Å². The number of halogens is 1. The fraction of sp³-hybridized carbons (Fsp3) is 0.182. The zero-order chi connectivity index (χ0) is 10.7. The van der Waals surface area contributed by atoms with Crippen molar-refractivity contribution >= 4 is 32.4 Å². The van der Waals surface area contributed by atoms with Gasteiger partial charge >= 0.3 is 0 Å². The van der Waals surface area contributed by atoms with E-state index in [4.69, 9.17) is 0 Å². The normalized spacial score (nSPS) is 10.3. The Labute approximate surface area is 102 Å². The van der Waals surface area contributed by atoms with E-state index in [0.29, 0.717) is 0 Å². The second-order valence-corrected chi connectivity index (χ2v) is 5.68. The molecule has 0 atom stereocenters. The van der Waals surface area contributed by atoms with E-state index in [2.05, 4.69) is 57.1 Å². The van der Waals surface area contributed by atoms with Gasteiger partial charge in [0, 0.05) is 13.6 Å². The summed E-state index contributed by atoms with van der Waals surface area (Å²) >= 11 is 5.06. The average molecular weight is 283 g/mol. The van der Waals surface area contributed by atoms with Crippen molar-refractivity contribution in [1.82, 2.24) is 4.98 Å². The lowest BCUT2D eigenvalue weighted by atomic mass is 10.2. The first-order chi connectivity index (χ1) is 7.25. The number of anilines is 1. The number of benzene rings is 1. The van der Waals surface area contributed by atoms with Gasteiger partial charge in [-0.25, -0.2) is 4.98 Å². The van der Waals surface area contributed by atoms with E-state index in [1.807, 2.05) is 12.3 Å². The number of nitrogens with zero attached hydrogens (tertiary/aromatic N) is 2. The van der Waals surface area contributed by atoms with Crippen LogP contribution in [-0.2, 0) is 6.54 Å². The smallest absolute Gasteiger partial charge is 0.186 e. The molecular weight excluding hydrogens is 272 g/mol. The van der Waals surface area contributed by atoms with Crippen molar-refractivity contribution in [2.45, 2.75) is 6.54 Å². The minimum absolute atomic E-state index is 0.890. The molecule has 0 spiro atoms. The molecule has 0 N–H and O–H groups in total. The molecule has 1 aromatic heterocycles. The van der Waals surface area contributed by atoms with Gasteiger partial charge in [-0.3, -0.25) is 0 Å². The van der Waals surface area contributed by atoms with Gasteiger partial charge in [0.25, 0.3) is 0 Å². The first-order valence-electron chi connectivity index (χ1n) is 4.62. The summed E-state index contributed by atoms with van der Waals surface area (Å²) in [6.07, 6.45) is 1.83. The van der Waals surface area contributed by atoms with Crippen molar-refractivity contribution in [3.8, 4) is 0 Å². The fourth-order valence-corrected chi connectivity index (χ4v) is 2.49. The van der Waals surface area contributed by atoms with Crippen molar-refractivity contribution in [3.05, 3.63) is 45.9 Å². The van der Waals surface area contributed by atoms with Gasteiger partial charge in [-0.1, -0.05) is 41.7 Å². The summed E-state index contributed by atoms with van der Waals surface area (Å²) in [6, 6.07) is 10.4. The van der Waals surface area contributed by atoms with Gasteiger partial charge in [0.2, 0.25) is 0 Å². The Morgan fingerprint density at radius 1 is 1.33 bits per heavy atom. The maximum absolute atomic E-state index is 4.31. The molecule has 0 saturated carbocycles. The van der Waals surface area contributed by atoms with Crippen LogP contribution in [0.15, 0.2) is 40.3 Å². The Morgan fingerprint density at radius 3 is 2.67 bits per heavy atom. The van der Waals surface area contributed by atoms with Crippen LogP contribution in [0.4, 0.5) is 5.13 Å².